The van der Waals surface area contributed by atoms with Crippen molar-refractivity contribution in [3.05, 3.63) is 42.0 Å². The number of benzene rings is 1. The molecule has 2 N–H and O–H groups in total. The highest BCUT2D eigenvalue weighted by Gasteiger charge is 2.38. The van der Waals surface area contributed by atoms with Crippen LogP contribution < -0.4 is 0 Å². The predicted molar refractivity (Wildman–Crippen MR) is 64.6 cm³/mol. The summed E-state index contributed by atoms with van der Waals surface area (Å²) in [5, 5.41) is 17.0. The number of hydrogen-bond acceptors (Lipinski definition) is 3. The smallest absolute Gasteiger partial charge is 0.318 e. The van der Waals surface area contributed by atoms with Crippen molar-refractivity contribution in [2.24, 2.45) is 5.92 Å². The maximum Gasteiger partial charge on any atom is 0.318 e. The van der Waals surface area contributed by atoms with Gasteiger partial charge in [0.1, 0.15) is 5.25 Å². The monoisotopic (exact) mass is 250 g/mol. The maximum atomic E-state index is 11.0. The molecule has 0 amide bonds. The van der Waals surface area contributed by atoms with Crippen LogP contribution in [0.1, 0.15) is 5.56 Å². The Labute approximate surface area is 102 Å². The second-order valence-electron chi connectivity index (χ2n) is 3.64. The molecule has 0 spiro atoms. The number of carboxylic acid groups (broad SMARTS) is 2. The van der Waals surface area contributed by atoms with E-state index in [0.29, 0.717) is 4.91 Å². The van der Waals surface area contributed by atoms with Crippen LogP contribution in [0, 0.1) is 5.92 Å². The third-order valence-corrected chi connectivity index (χ3v) is 3.87. The number of thioether (sulfide) groups is 1. The van der Waals surface area contributed by atoms with Gasteiger partial charge in [-0.25, -0.2) is 0 Å². The SMILES string of the molecule is O=C(O)C1C=C(c2ccccc2)SC1C(=O)O. The first-order valence-electron chi connectivity index (χ1n) is 4.99. The fourth-order valence-electron chi connectivity index (χ4n) is 1.67. The van der Waals surface area contributed by atoms with E-state index in [-0.39, 0.29) is 0 Å². The molecule has 0 fully saturated rings. The van der Waals surface area contributed by atoms with Gasteiger partial charge >= 0.3 is 11.9 Å². The normalized spacial score (nSPS) is 23.2. The summed E-state index contributed by atoms with van der Waals surface area (Å²) < 4.78 is 0. The van der Waals surface area contributed by atoms with Crippen LogP contribution in [0.5, 0.6) is 0 Å². The molecule has 0 aromatic heterocycles. The van der Waals surface area contributed by atoms with Crippen LogP contribution >= 0.6 is 11.8 Å². The molecule has 1 aliphatic heterocycles. The van der Waals surface area contributed by atoms with E-state index in [2.05, 4.69) is 0 Å². The van der Waals surface area contributed by atoms with Crippen LogP contribution in [-0.4, -0.2) is 27.4 Å². The summed E-state index contributed by atoms with van der Waals surface area (Å²) in [6.45, 7) is 0. The molecule has 88 valence electrons. The van der Waals surface area contributed by atoms with Crippen molar-refractivity contribution in [3.8, 4) is 0 Å². The van der Waals surface area contributed by atoms with Crippen LogP contribution in [0.4, 0.5) is 0 Å². The number of rotatable bonds is 3. The van der Waals surface area contributed by atoms with E-state index in [9.17, 15) is 9.59 Å². The second-order valence-corrected chi connectivity index (χ2v) is 4.82. The van der Waals surface area contributed by atoms with Gasteiger partial charge in [0.25, 0.3) is 0 Å². The van der Waals surface area contributed by atoms with E-state index >= 15 is 0 Å². The highest BCUT2D eigenvalue weighted by atomic mass is 32.2. The lowest BCUT2D eigenvalue weighted by Gasteiger charge is -2.09. The zero-order chi connectivity index (χ0) is 12.4. The van der Waals surface area contributed by atoms with E-state index in [1.54, 1.807) is 0 Å². The minimum Gasteiger partial charge on any atom is -0.481 e. The van der Waals surface area contributed by atoms with E-state index in [1.165, 1.54) is 6.08 Å². The van der Waals surface area contributed by atoms with Crippen molar-refractivity contribution in [2.75, 3.05) is 0 Å². The molecule has 0 saturated carbocycles. The largest absolute Gasteiger partial charge is 0.481 e. The van der Waals surface area contributed by atoms with Gasteiger partial charge in [-0.3, -0.25) is 9.59 Å². The third kappa shape index (κ3) is 2.34. The predicted octanol–water partition coefficient (Wildman–Crippen LogP) is 1.93. The first-order chi connectivity index (χ1) is 8.09. The summed E-state index contributed by atoms with van der Waals surface area (Å²) in [4.78, 5) is 22.7. The second kappa shape index (κ2) is 4.63. The van der Waals surface area contributed by atoms with Gasteiger partial charge in [-0.05, 0) is 5.56 Å². The van der Waals surface area contributed by atoms with Crippen LogP contribution in [0.25, 0.3) is 4.91 Å². The topological polar surface area (TPSA) is 74.6 Å². The summed E-state index contributed by atoms with van der Waals surface area (Å²) in [5.41, 5.74) is 0.854. The standard InChI is InChI=1S/C12H10O4S/c13-11(14)8-6-9(17-10(8)12(15)16)7-4-2-1-3-5-7/h1-6,8,10H,(H,13,14)(H,15,16). The van der Waals surface area contributed by atoms with E-state index in [1.807, 2.05) is 30.3 Å². The van der Waals surface area contributed by atoms with Gasteiger partial charge in [-0.15, -0.1) is 11.8 Å². The number of carboxylic acids is 2. The molecule has 1 aromatic carbocycles. The third-order valence-electron chi connectivity index (χ3n) is 2.50. The quantitative estimate of drug-likeness (QED) is 0.857. The Balaban J connectivity index is 2.31. The van der Waals surface area contributed by atoms with Crippen molar-refractivity contribution < 1.29 is 19.8 Å². The number of aliphatic carboxylic acids is 2. The Morgan fingerprint density at radius 3 is 2.18 bits per heavy atom. The zero-order valence-electron chi connectivity index (χ0n) is 8.74. The lowest BCUT2D eigenvalue weighted by molar-refractivity contribution is -0.145. The Bertz CT molecular complexity index is 481. The molecule has 1 aliphatic rings. The van der Waals surface area contributed by atoms with Gasteiger partial charge in [-0.2, -0.15) is 0 Å². The zero-order valence-corrected chi connectivity index (χ0v) is 9.55. The molecule has 4 nitrogen and oxygen atoms in total. The van der Waals surface area contributed by atoms with Gasteiger partial charge in [0.15, 0.2) is 0 Å². The Morgan fingerprint density at radius 2 is 1.71 bits per heavy atom. The Morgan fingerprint density at radius 1 is 1.06 bits per heavy atom. The molecule has 0 radical (unpaired) electrons. The highest BCUT2D eigenvalue weighted by molar-refractivity contribution is 8.09. The van der Waals surface area contributed by atoms with E-state index < -0.39 is 23.1 Å². The fourth-order valence-corrected chi connectivity index (χ4v) is 2.88. The molecule has 2 atom stereocenters. The van der Waals surface area contributed by atoms with Crippen molar-refractivity contribution in [2.45, 2.75) is 5.25 Å². The molecular formula is C12H10O4S. The van der Waals surface area contributed by atoms with Gasteiger partial charge in [-0.1, -0.05) is 36.4 Å². The van der Waals surface area contributed by atoms with Crippen LogP contribution in [0.15, 0.2) is 36.4 Å². The Kier molecular flexibility index (Phi) is 3.19. The van der Waals surface area contributed by atoms with Crippen molar-refractivity contribution in [3.63, 3.8) is 0 Å². The van der Waals surface area contributed by atoms with Crippen LogP contribution in [0.2, 0.25) is 0 Å². The first kappa shape index (κ1) is 11.7. The van der Waals surface area contributed by atoms with Crippen LogP contribution in [-0.2, 0) is 9.59 Å². The highest BCUT2D eigenvalue weighted by Crippen LogP contribution is 2.42. The minimum atomic E-state index is -1.10. The van der Waals surface area contributed by atoms with Gasteiger partial charge in [0.05, 0.1) is 5.92 Å². The van der Waals surface area contributed by atoms with Gasteiger partial charge < -0.3 is 10.2 Å². The molecule has 17 heavy (non-hydrogen) atoms. The maximum absolute atomic E-state index is 11.0. The minimum absolute atomic E-state index is 0.713. The summed E-state index contributed by atoms with van der Waals surface area (Å²) in [7, 11) is 0. The number of carbonyl (C=O) groups is 2. The van der Waals surface area contributed by atoms with Crippen molar-refractivity contribution in [1.82, 2.24) is 0 Å². The lowest BCUT2D eigenvalue weighted by atomic mass is 10.0. The molecule has 0 aliphatic carbocycles. The number of hydrogen-bond donors (Lipinski definition) is 2. The summed E-state index contributed by atoms with van der Waals surface area (Å²) in [6.07, 6.45) is 1.52. The summed E-state index contributed by atoms with van der Waals surface area (Å²) in [5.74, 6) is -3.16. The molecule has 1 heterocycles. The van der Waals surface area contributed by atoms with Gasteiger partial charge in [0, 0.05) is 4.91 Å². The molecular weight excluding hydrogens is 240 g/mol. The first-order valence-corrected chi connectivity index (χ1v) is 5.87. The van der Waals surface area contributed by atoms with Crippen LogP contribution in [0.3, 0.4) is 0 Å². The summed E-state index contributed by atoms with van der Waals surface area (Å²) in [6, 6.07) is 9.19. The molecule has 0 saturated heterocycles. The Hall–Kier alpha value is -1.75. The van der Waals surface area contributed by atoms with E-state index in [4.69, 9.17) is 10.2 Å². The average molecular weight is 250 g/mol. The molecule has 2 unspecified atom stereocenters. The molecule has 2 rings (SSSR count). The van der Waals surface area contributed by atoms with Crippen molar-refractivity contribution in [1.29, 1.82) is 0 Å². The summed E-state index contributed by atoms with van der Waals surface area (Å²) >= 11 is 1.09. The lowest BCUT2D eigenvalue weighted by Crippen LogP contribution is -2.28. The fraction of sp³-hybridized carbons (Fsp3) is 0.167. The average Bonchev–Trinajstić information content (AvgIpc) is 2.75. The molecule has 5 heteroatoms. The molecule has 0 bridgehead atoms. The van der Waals surface area contributed by atoms with Crippen molar-refractivity contribution >= 4 is 28.6 Å². The molecule has 1 aromatic rings. The van der Waals surface area contributed by atoms with Gasteiger partial charge in [0.2, 0.25) is 0 Å². The van der Waals surface area contributed by atoms with E-state index in [0.717, 1.165) is 17.3 Å².